The molecule has 2 fully saturated rings. The Morgan fingerprint density at radius 3 is 2.38 bits per heavy atom. The van der Waals surface area contributed by atoms with E-state index >= 15 is 0 Å². The highest BCUT2D eigenvalue weighted by atomic mass is 32.2. The Morgan fingerprint density at radius 1 is 1.19 bits per heavy atom. The van der Waals surface area contributed by atoms with Gasteiger partial charge in [0.1, 0.15) is 11.6 Å². The van der Waals surface area contributed by atoms with Gasteiger partial charge in [0.25, 0.3) is 10.1 Å². The number of methoxy groups -OCH3 is 1. The minimum atomic E-state index is -3.50. The van der Waals surface area contributed by atoms with Crippen molar-refractivity contribution in [2.45, 2.75) is 51.3 Å². The van der Waals surface area contributed by atoms with E-state index in [0.29, 0.717) is 19.4 Å². The number of hydrogen-bond donors (Lipinski definition) is 0. The minimum Gasteiger partial charge on any atom is -0.467 e. The Kier molecular flexibility index (Phi) is 5.89. The van der Waals surface area contributed by atoms with Gasteiger partial charge in [0, 0.05) is 11.5 Å². The number of esters is 1. The molecule has 1 heterocycles. The van der Waals surface area contributed by atoms with E-state index in [1.54, 1.807) is 20.8 Å². The Morgan fingerprint density at radius 2 is 1.85 bits per heavy atom. The van der Waals surface area contributed by atoms with E-state index in [1.165, 1.54) is 12.0 Å². The molecule has 2 rings (SSSR count). The van der Waals surface area contributed by atoms with E-state index in [-0.39, 0.29) is 24.7 Å². The Hall–Kier alpha value is -1.39. The summed E-state index contributed by atoms with van der Waals surface area (Å²) in [5.41, 5.74) is -1.00. The molecule has 0 unspecified atom stereocenters. The summed E-state index contributed by atoms with van der Waals surface area (Å²) in [6.07, 6.45) is 1.56. The molecule has 2 aliphatic rings. The van der Waals surface area contributed by atoms with Crippen molar-refractivity contribution >= 4 is 22.2 Å². The molecule has 0 aromatic rings. The van der Waals surface area contributed by atoms with Crippen molar-refractivity contribution in [1.29, 1.82) is 0 Å². The number of rotatable bonds is 7. The molecule has 1 aliphatic carbocycles. The summed E-state index contributed by atoms with van der Waals surface area (Å²) in [6, 6.07) is -0.859. The van der Waals surface area contributed by atoms with E-state index in [4.69, 9.17) is 14.2 Å². The summed E-state index contributed by atoms with van der Waals surface area (Å²) in [5, 5.41) is 0. The molecule has 1 saturated carbocycles. The lowest BCUT2D eigenvalue weighted by atomic mass is 10.0. The molecule has 1 amide bonds. The molecule has 0 aromatic carbocycles. The lowest BCUT2D eigenvalue weighted by Crippen LogP contribution is -2.46. The first kappa shape index (κ1) is 20.9. The minimum absolute atomic E-state index is 0.0736. The topological polar surface area (TPSA) is 108 Å². The van der Waals surface area contributed by atoms with Gasteiger partial charge in [-0.1, -0.05) is 0 Å². The van der Waals surface area contributed by atoms with Crippen LogP contribution in [0.25, 0.3) is 0 Å². The fourth-order valence-corrected chi connectivity index (χ4v) is 3.65. The van der Waals surface area contributed by atoms with E-state index in [0.717, 1.165) is 6.26 Å². The molecule has 10 heteroatoms. The molecule has 9 nitrogen and oxygen atoms in total. The molecule has 0 spiro atoms. The highest BCUT2D eigenvalue weighted by Crippen LogP contribution is 2.60. The van der Waals surface area contributed by atoms with Gasteiger partial charge in [-0.25, -0.2) is 9.59 Å². The van der Waals surface area contributed by atoms with Gasteiger partial charge in [-0.05, 0) is 33.6 Å². The number of likely N-dealkylation sites (tertiary alicyclic amines) is 1. The summed E-state index contributed by atoms with van der Waals surface area (Å²) in [7, 11) is -2.22. The predicted octanol–water partition coefficient (Wildman–Crippen LogP) is 0.920. The number of ether oxygens (including phenoxy) is 3. The van der Waals surface area contributed by atoms with Crippen LogP contribution in [0.15, 0.2) is 0 Å². The first-order chi connectivity index (χ1) is 11.9. The zero-order valence-electron chi connectivity index (χ0n) is 15.8. The highest BCUT2D eigenvalue weighted by molar-refractivity contribution is 7.85. The summed E-state index contributed by atoms with van der Waals surface area (Å²) >= 11 is 0. The van der Waals surface area contributed by atoms with E-state index < -0.39 is 33.8 Å². The molecular weight excluding hydrogens is 366 g/mol. The Balaban J connectivity index is 1.96. The zero-order chi connectivity index (χ0) is 19.8. The fraction of sp³-hybridized carbons (Fsp3) is 0.875. The Bertz CT molecular complexity index is 656. The summed E-state index contributed by atoms with van der Waals surface area (Å²) in [5.74, 6) is -0.483. The van der Waals surface area contributed by atoms with Crippen LogP contribution in [-0.2, 0) is 33.3 Å². The number of carbonyl (C=O) groups is 2. The van der Waals surface area contributed by atoms with Gasteiger partial charge in [-0.3, -0.25) is 9.08 Å². The van der Waals surface area contributed by atoms with Crippen molar-refractivity contribution in [1.82, 2.24) is 4.90 Å². The predicted molar refractivity (Wildman–Crippen MR) is 90.9 cm³/mol. The van der Waals surface area contributed by atoms with Gasteiger partial charge in [-0.2, -0.15) is 8.42 Å². The largest absolute Gasteiger partial charge is 0.467 e. The van der Waals surface area contributed by atoms with E-state index in [9.17, 15) is 18.0 Å². The standard InChI is InChI=1S/C16H27NO8S/c1-15(2,3)25-14(19)17-11(13(18)22-4)8-16(9-12(16)17)10-23-6-7-24-26(5,20)21/h11-12H,6-10H2,1-5H3/t11-,12-,16+/m0/s1. The van der Waals surface area contributed by atoms with Crippen molar-refractivity contribution in [2.75, 3.05) is 33.2 Å². The maximum Gasteiger partial charge on any atom is 0.411 e. The number of carbonyl (C=O) groups excluding carboxylic acids is 2. The summed E-state index contributed by atoms with van der Waals surface area (Å²) in [4.78, 5) is 26.1. The maximum absolute atomic E-state index is 12.5. The monoisotopic (exact) mass is 393 g/mol. The van der Waals surface area contributed by atoms with Crippen LogP contribution in [0.3, 0.4) is 0 Å². The fourth-order valence-electron chi connectivity index (χ4n) is 3.28. The van der Waals surface area contributed by atoms with E-state index in [2.05, 4.69) is 4.18 Å². The molecule has 1 saturated heterocycles. The lowest BCUT2D eigenvalue weighted by Gasteiger charge is -2.29. The van der Waals surface area contributed by atoms with Crippen LogP contribution in [0.2, 0.25) is 0 Å². The van der Waals surface area contributed by atoms with Crippen LogP contribution in [0, 0.1) is 5.41 Å². The molecule has 0 radical (unpaired) electrons. The third-order valence-electron chi connectivity index (χ3n) is 4.41. The highest BCUT2D eigenvalue weighted by Gasteiger charge is 2.68. The van der Waals surface area contributed by atoms with Crippen molar-refractivity contribution < 1.29 is 36.4 Å². The SMILES string of the molecule is COC(=O)[C@@H]1C[C@]2(COCCOS(C)(=O)=O)C[C@@H]2N1C(=O)OC(C)(C)C. The van der Waals surface area contributed by atoms with Crippen LogP contribution in [0.5, 0.6) is 0 Å². The Labute approximate surface area is 154 Å². The molecule has 0 N–H and O–H groups in total. The van der Waals surface area contributed by atoms with Gasteiger partial charge >= 0.3 is 12.1 Å². The second-order valence-corrected chi connectivity index (χ2v) is 9.44. The van der Waals surface area contributed by atoms with Crippen LogP contribution in [-0.4, -0.2) is 76.3 Å². The van der Waals surface area contributed by atoms with Crippen LogP contribution in [0.1, 0.15) is 33.6 Å². The van der Waals surface area contributed by atoms with Gasteiger partial charge in [0.05, 0.1) is 33.2 Å². The number of amides is 1. The third kappa shape index (κ3) is 5.08. The number of hydrogen-bond acceptors (Lipinski definition) is 8. The first-order valence-corrected chi connectivity index (χ1v) is 10.2. The molecule has 1 aliphatic heterocycles. The average Bonchev–Trinajstić information content (AvgIpc) is 3.07. The third-order valence-corrected chi connectivity index (χ3v) is 5.01. The summed E-state index contributed by atoms with van der Waals surface area (Å²) in [6.45, 7) is 5.63. The molecular formula is C16H27NO8S. The van der Waals surface area contributed by atoms with Gasteiger partial charge in [0.15, 0.2) is 0 Å². The molecule has 26 heavy (non-hydrogen) atoms. The average molecular weight is 393 g/mol. The summed E-state index contributed by atoms with van der Waals surface area (Å²) < 4.78 is 42.2. The van der Waals surface area contributed by atoms with Crippen LogP contribution in [0.4, 0.5) is 4.79 Å². The number of fused-ring (bicyclic) bond motifs is 1. The first-order valence-electron chi connectivity index (χ1n) is 8.40. The van der Waals surface area contributed by atoms with Gasteiger partial charge in [0.2, 0.25) is 0 Å². The lowest BCUT2D eigenvalue weighted by molar-refractivity contribution is -0.146. The van der Waals surface area contributed by atoms with Gasteiger partial charge in [-0.15, -0.1) is 0 Å². The number of nitrogens with zero attached hydrogens (tertiary/aromatic N) is 1. The van der Waals surface area contributed by atoms with Crippen LogP contribution >= 0.6 is 0 Å². The molecule has 0 aromatic heterocycles. The molecule has 3 atom stereocenters. The van der Waals surface area contributed by atoms with Crippen molar-refractivity contribution in [3.8, 4) is 0 Å². The second kappa shape index (κ2) is 7.32. The maximum atomic E-state index is 12.5. The normalized spacial score (nSPS) is 27.8. The van der Waals surface area contributed by atoms with Gasteiger partial charge < -0.3 is 14.2 Å². The number of piperidine rings is 1. The zero-order valence-corrected chi connectivity index (χ0v) is 16.6. The van der Waals surface area contributed by atoms with Crippen LogP contribution < -0.4 is 0 Å². The van der Waals surface area contributed by atoms with Crippen molar-refractivity contribution in [3.05, 3.63) is 0 Å². The van der Waals surface area contributed by atoms with Crippen molar-refractivity contribution in [2.24, 2.45) is 5.41 Å². The van der Waals surface area contributed by atoms with E-state index in [1.807, 2.05) is 0 Å². The van der Waals surface area contributed by atoms with Crippen molar-refractivity contribution in [3.63, 3.8) is 0 Å². The molecule has 0 bridgehead atoms. The second-order valence-electron chi connectivity index (χ2n) is 7.79. The molecule has 150 valence electrons. The quantitative estimate of drug-likeness (QED) is 0.357. The smallest absolute Gasteiger partial charge is 0.411 e.